The Morgan fingerprint density at radius 3 is 2.62 bits per heavy atom. The summed E-state index contributed by atoms with van der Waals surface area (Å²) in [5.74, 6) is 0.865. The van der Waals surface area contributed by atoms with Crippen LogP contribution in [0.4, 0.5) is 0 Å². The van der Waals surface area contributed by atoms with Crippen LogP contribution >= 0.6 is 0 Å². The molecule has 2 atom stereocenters. The molecule has 120 valence electrons. The highest BCUT2D eigenvalue weighted by molar-refractivity contribution is 5.35. The van der Waals surface area contributed by atoms with Crippen LogP contribution in [0.3, 0.4) is 0 Å². The number of nitrogens with one attached hydrogen (secondary N) is 1. The van der Waals surface area contributed by atoms with E-state index >= 15 is 0 Å². The van der Waals surface area contributed by atoms with E-state index in [4.69, 9.17) is 14.2 Å². The molecule has 1 rings (SSSR count). The van der Waals surface area contributed by atoms with Crippen LogP contribution in [0.25, 0.3) is 0 Å². The number of methoxy groups -OCH3 is 1. The summed E-state index contributed by atoms with van der Waals surface area (Å²) in [6, 6.07) is 8.02. The van der Waals surface area contributed by atoms with Crippen LogP contribution in [-0.2, 0) is 9.47 Å². The molecule has 0 saturated carbocycles. The monoisotopic (exact) mass is 295 g/mol. The van der Waals surface area contributed by atoms with Crippen molar-refractivity contribution >= 4 is 0 Å². The van der Waals surface area contributed by atoms with Gasteiger partial charge in [0.25, 0.3) is 0 Å². The molecule has 0 heterocycles. The lowest BCUT2D eigenvalue weighted by Crippen LogP contribution is -2.28. The highest BCUT2D eigenvalue weighted by Gasteiger charge is 2.19. The molecule has 0 aliphatic heterocycles. The molecule has 0 aliphatic carbocycles. The Morgan fingerprint density at radius 2 is 1.95 bits per heavy atom. The van der Waals surface area contributed by atoms with E-state index in [1.165, 1.54) is 0 Å². The number of hydrogen-bond acceptors (Lipinski definition) is 4. The summed E-state index contributed by atoms with van der Waals surface area (Å²) in [6.45, 7) is 9.26. The second-order valence-electron chi connectivity index (χ2n) is 5.04. The summed E-state index contributed by atoms with van der Waals surface area (Å²) in [5, 5.41) is 3.43. The predicted molar refractivity (Wildman–Crippen MR) is 85.9 cm³/mol. The molecular weight excluding hydrogens is 266 g/mol. The molecule has 0 fully saturated rings. The molecule has 0 amide bonds. The smallest absolute Gasteiger partial charge is 0.124 e. The Balaban J connectivity index is 2.75. The predicted octanol–water partition coefficient (Wildman–Crippen LogP) is 3.18. The summed E-state index contributed by atoms with van der Waals surface area (Å²) in [4.78, 5) is 0. The van der Waals surface area contributed by atoms with Crippen LogP contribution in [0.1, 0.15) is 38.9 Å². The van der Waals surface area contributed by atoms with Crippen LogP contribution in [0.2, 0.25) is 0 Å². The van der Waals surface area contributed by atoms with Gasteiger partial charge in [0.15, 0.2) is 0 Å². The van der Waals surface area contributed by atoms with Crippen molar-refractivity contribution in [2.75, 3.05) is 33.4 Å². The minimum atomic E-state index is -0.0387. The molecule has 4 nitrogen and oxygen atoms in total. The Hall–Kier alpha value is -1.10. The van der Waals surface area contributed by atoms with Gasteiger partial charge in [-0.2, -0.15) is 0 Å². The molecule has 0 saturated heterocycles. The third-order valence-corrected chi connectivity index (χ3v) is 3.20. The van der Waals surface area contributed by atoms with E-state index in [0.717, 1.165) is 30.8 Å². The Bertz CT molecular complexity index is 384. The number of hydrogen-bond donors (Lipinski definition) is 1. The SMILES string of the molecule is CCCNCC(OC(C)COCC)c1ccccc1OC. The number of rotatable bonds is 11. The lowest BCUT2D eigenvalue weighted by Gasteiger charge is -2.24. The van der Waals surface area contributed by atoms with Crippen LogP contribution in [0, 0.1) is 0 Å². The van der Waals surface area contributed by atoms with E-state index in [0.29, 0.717) is 13.2 Å². The highest BCUT2D eigenvalue weighted by atomic mass is 16.5. The highest BCUT2D eigenvalue weighted by Crippen LogP contribution is 2.28. The maximum Gasteiger partial charge on any atom is 0.124 e. The second kappa shape index (κ2) is 10.6. The van der Waals surface area contributed by atoms with Crippen molar-refractivity contribution in [1.82, 2.24) is 5.32 Å². The zero-order valence-electron chi connectivity index (χ0n) is 13.7. The van der Waals surface area contributed by atoms with E-state index in [-0.39, 0.29) is 12.2 Å². The van der Waals surface area contributed by atoms with Gasteiger partial charge in [0, 0.05) is 18.7 Å². The number of benzene rings is 1. The summed E-state index contributed by atoms with van der Waals surface area (Å²) < 4.78 is 17.1. The van der Waals surface area contributed by atoms with Gasteiger partial charge in [-0.25, -0.2) is 0 Å². The second-order valence-corrected chi connectivity index (χ2v) is 5.04. The normalized spacial score (nSPS) is 13.9. The molecule has 1 aromatic carbocycles. The summed E-state index contributed by atoms with van der Waals surface area (Å²) in [7, 11) is 1.69. The first-order chi connectivity index (χ1) is 10.2. The number of ether oxygens (including phenoxy) is 3. The molecule has 0 spiro atoms. The van der Waals surface area contributed by atoms with Gasteiger partial charge >= 0.3 is 0 Å². The average molecular weight is 295 g/mol. The van der Waals surface area contributed by atoms with Crippen LogP contribution < -0.4 is 10.1 Å². The topological polar surface area (TPSA) is 39.7 Å². The summed E-state index contributed by atoms with van der Waals surface area (Å²) >= 11 is 0. The van der Waals surface area contributed by atoms with Gasteiger partial charge in [0.2, 0.25) is 0 Å². The van der Waals surface area contributed by atoms with Crippen molar-refractivity contribution in [2.24, 2.45) is 0 Å². The van der Waals surface area contributed by atoms with Crippen molar-refractivity contribution in [3.05, 3.63) is 29.8 Å². The average Bonchev–Trinajstić information content (AvgIpc) is 2.52. The van der Waals surface area contributed by atoms with E-state index in [2.05, 4.69) is 18.3 Å². The molecule has 4 heteroatoms. The Labute approximate surface area is 128 Å². The maximum atomic E-state index is 6.16. The standard InChI is InChI=1S/C17H29NO3/c1-5-11-18-12-17(21-14(3)13-20-6-2)15-9-7-8-10-16(15)19-4/h7-10,14,17-18H,5-6,11-13H2,1-4H3. The lowest BCUT2D eigenvalue weighted by molar-refractivity contribution is -0.0475. The maximum absolute atomic E-state index is 6.16. The zero-order valence-corrected chi connectivity index (χ0v) is 13.7. The fourth-order valence-electron chi connectivity index (χ4n) is 2.18. The Morgan fingerprint density at radius 1 is 1.19 bits per heavy atom. The third-order valence-electron chi connectivity index (χ3n) is 3.20. The fourth-order valence-corrected chi connectivity index (χ4v) is 2.18. The Kier molecular flexibility index (Phi) is 9.06. The third kappa shape index (κ3) is 6.46. The van der Waals surface area contributed by atoms with E-state index < -0.39 is 0 Å². The first-order valence-corrected chi connectivity index (χ1v) is 7.79. The molecule has 0 aliphatic rings. The van der Waals surface area contributed by atoms with Gasteiger partial charge in [0.05, 0.1) is 25.9 Å². The van der Waals surface area contributed by atoms with Gasteiger partial charge in [-0.15, -0.1) is 0 Å². The molecule has 0 aromatic heterocycles. The molecule has 0 bridgehead atoms. The molecule has 21 heavy (non-hydrogen) atoms. The lowest BCUT2D eigenvalue weighted by atomic mass is 10.1. The minimum absolute atomic E-state index is 0.0387. The van der Waals surface area contributed by atoms with E-state index in [1.54, 1.807) is 7.11 Å². The van der Waals surface area contributed by atoms with Crippen molar-refractivity contribution in [2.45, 2.75) is 39.4 Å². The van der Waals surface area contributed by atoms with Gasteiger partial charge in [-0.1, -0.05) is 25.1 Å². The van der Waals surface area contributed by atoms with Crippen molar-refractivity contribution < 1.29 is 14.2 Å². The first-order valence-electron chi connectivity index (χ1n) is 7.79. The fraction of sp³-hybridized carbons (Fsp3) is 0.647. The summed E-state index contributed by atoms with van der Waals surface area (Å²) in [6.07, 6.45) is 1.11. The quantitative estimate of drug-likeness (QED) is 0.637. The molecule has 2 unspecified atom stereocenters. The largest absolute Gasteiger partial charge is 0.496 e. The van der Waals surface area contributed by atoms with Crippen molar-refractivity contribution in [1.29, 1.82) is 0 Å². The van der Waals surface area contributed by atoms with Gasteiger partial charge in [-0.3, -0.25) is 0 Å². The van der Waals surface area contributed by atoms with Gasteiger partial charge in [-0.05, 0) is 32.9 Å². The summed E-state index contributed by atoms with van der Waals surface area (Å²) in [5.41, 5.74) is 1.08. The first kappa shape index (κ1) is 18.0. The molecular formula is C17H29NO3. The minimum Gasteiger partial charge on any atom is -0.496 e. The van der Waals surface area contributed by atoms with Crippen LogP contribution in [-0.4, -0.2) is 39.5 Å². The van der Waals surface area contributed by atoms with E-state index in [1.807, 2.05) is 32.0 Å². The molecule has 1 aromatic rings. The molecule has 1 N–H and O–H groups in total. The van der Waals surface area contributed by atoms with Crippen molar-refractivity contribution in [3.8, 4) is 5.75 Å². The van der Waals surface area contributed by atoms with Gasteiger partial charge in [0.1, 0.15) is 5.75 Å². The van der Waals surface area contributed by atoms with Crippen LogP contribution in [0.15, 0.2) is 24.3 Å². The van der Waals surface area contributed by atoms with Crippen molar-refractivity contribution in [3.63, 3.8) is 0 Å². The van der Waals surface area contributed by atoms with Gasteiger partial charge < -0.3 is 19.5 Å². The van der Waals surface area contributed by atoms with E-state index in [9.17, 15) is 0 Å². The number of para-hydroxylation sites is 1. The molecule has 0 radical (unpaired) electrons. The van der Waals surface area contributed by atoms with Crippen LogP contribution in [0.5, 0.6) is 5.75 Å². The zero-order chi connectivity index (χ0) is 15.5.